The molecule has 11 atom stereocenters. The summed E-state index contributed by atoms with van der Waals surface area (Å²) >= 11 is 0. The predicted molar refractivity (Wildman–Crippen MR) is 473 cm³/mol. The molecule has 4 aliphatic rings. The number of ether oxygens (including phenoxy) is 8. The third-order valence-electron chi connectivity index (χ3n) is 21.2. The van der Waals surface area contributed by atoms with Crippen molar-refractivity contribution in [2.45, 2.75) is 172 Å². The van der Waals surface area contributed by atoms with Crippen LogP contribution in [-0.4, -0.2) is 125 Å². The minimum Gasteiger partial charge on any atom is -0.455 e. The summed E-state index contributed by atoms with van der Waals surface area (Å²) in [5.41, 5.74) is -3.60. The first kappa shape index (κ1) is 93.8. The molecule has 31 heteroatoms. The molecule has 2 bridgehead atoms. The van der Waals surface area contributed by atoms with Crippen LogP contribution in [0.1, 0.15) is 124 Å². The van der Waals surface area contributed by atoms with E-state index in [1.165, 1.54) is 71.3 Å². The molecular weight excluding hydrogens is 1700 g/mol. The number of aromatic nitrogens is 3. The van der Waals surface area contributed by atoms with E-state index in [4.69, 9.17) is 43.0 Å². The molecule has 0 radical (unpaired) electrons. The van der Waals surface area contributed by atoms with E-state index in [0.717, 1.165) is 40.9 Å². The number of hydrogen-bond acceptors (Lipinski definition) is 29. The molecule has 3 unspecified atom stereocenters. The van der Waals surface area contributed by atoms with E-state index in [9.17, 15) is 44.3 Å². The highest BCUT2D eigenvalue weighted by Gasteiger charge is 2.78. The summed E-state index contributed by atoms with van der Waals surface area (Å²) in [6.07, 6.45) is -3.75. The minimum absolute atomic E-state index is 0.0597. The number of amides is 1. The fourth-order valence-corrected chi connectivity index (χ4v) is 20.6. The van der Waals surface area contributed by atoms with Crippen molar-refractivity contribution in [2.24, 2.45) is 22.7 Å². The van der Waals surface area contributed by atoms with Crippen LogP contribution >= 0.6 is 64.8 Å². The molecule has 1 amide bonds. The second-order valence-electron chi connectivity index (χ2n) is 29.9. The van der Waals surface area contributed by atoms with Gasteiger partial charge in [-0.2, -0.15) is 0 Å². The number of esters is 3. The monoisotopic (exact) mass is 1790 g/mol. The van der Waals surface area contributed by atoms with Crippen LogP contribution in [0.3, 0.4) is 0 Å². The molecule has 2 saturated carbocycles. The van der Waals surface area contributed by atoms with E-state index < -0.39 is 124 Å². The van der Waals surface area contributed by atoms with Gasteiger partial charge in [0.2, 0.25) is 6.10 Å². The summed E-state index contributed by atoms with van der Waals surface area (Å²) in [6, 6.07) is 68.4. The summed E-state index contributed by atoms with van der Waals surface area (Å²) in [5, 5.41) is 51.3. The highest BCUT2D eigenvalue weighted by molar-refractivity contribution is 8.77. The summed E-state index contributed by atoms with van der Waals surface area (Å²) in [7, 11) is 9.42. The Bertz CT molecular complexity index is 5280. The minimum atomic E-state index is -2.29. The number of aliphatic hydroxyl groups is 3. The Morgan fingerprint density at radius 1 is 0.613 bits per heavy atom. The van der Waals surface area contributed by atoms with Crippen molar-refractivity contribution in [1.82, 2.24) is 20.3 Å². The molecule has 3 aliphatic carbocycles. The number of Topliss-reactive ketones (excluding diaryl/α,β-unsaturated/α-hetero) is 1. The standard InChI is InChI=1S/C59H60N2O14S2.C19H14N2O5S2.C12H11NOS2.C3H8/c1-34-42(31-59(69)51(74-53(66)40-22-14-9-15-23-40)49-57(6,50(64)35(2)46(34)56(59,4)5)43(63)30-44-58(49,33-71-44)75-36(3)62)72-54(67)48(47(38-18-10-7-11-19-38)61-52(65)39-20-12-8-13-21-39)73-55(68)70-32-37-25-27-41(28-26-37)76-77-45-24-16-17-29-60-45;22-19(26-16-8-6-15(7-9-16)21(23)24)25-13-14-4-10-17(11-5-14)27-28-18-3-1-2-12-20-18;14-9-10-4-6-11(7-5-10)15-16-12-3-1-2-8-13-12;1-3-2/h7-29,35,42-44,47-49,51,63,69H,30-33H2,1-6H3,(H,61,65);1-12H,13H2;1-8,14H,9H2;3H2,1-2H3/t35-,42?,43+,44?,47?,48-,49+,51+,57-,58+,59-;;;/m1.../s1. The molecule has 7 aromatic carbocycles. The van der Waals surface area contributed by atoms with Crippen LogP contribution in [0.5, 0.6) is 5.75 Å². The van der Waals surface area contributed by atoms with Gasteiger partial charge in [0.05, 0.1) is 41.1 Å². The zero-order chi connectivity index (χ0) is 88.6. The number of pyridine rings is 3. The maximum Gasteiger partial charge on any atom is 0.514 e. The summed E-state index contributed by atoms with van der Waals surface area (Å²) in [6.45, 7) is 13.3. The van der Waals surface area contributed by atoms with Gasteiger partial charge in [-0.1, -0.05) is 195 Å². The highest BCUT2D eigenvalue weighted by Crippen LogP contribution is 2.65. The number of nitrogens with zero attached hydrogens (tertiary/aromatic N) is 4. The van der Waals surface area contributed by atoms with Crippen molar-refractivity contribution in [3.05, 3.63) is 316 Å². The van der Waals surface area contributed by atoms with Gasteiger partial charge in [0, 0.05) is 82.1 Å². The Kier molecular flexibility index (Phi) is 33.4. The zero-order valence-electron chi connectivity index (χ0n) is 68.9. The Morgan fingerprint density at radius 2 is 1.08 bits per heavy atom. The third kappa shape index (κ3) is 23.6. The van der Waals surface area contributed by atoms with Crippen LogP contribution in [0.25, 0.3) is 0 Å². The van der Waals surface area contributed by atoms with Gasteiger partial charge in [0.25, 0.3) is 11.6 Å². The molecular formula is C93H93N5O20S6. The number of non-ortho nitro benzene ring substituents is 1. The van der Waals surface area contributed by atoms with Gasteiger partial charge >= 0.3 is 30.2 Å². The number of nitrogens with one attached hydrogen (secondary N) is 1. The second kappa shape index (κ2) is 44.2. The van der Waals surface area contributed by atoms with Gasteiger partial charge < -0.3 is 58.5 Å². The van der Waals surface area contributed by atoms with E-state index >= 15 is 9.59 Å². The Morgan fingerprint density at radius 3 is 1.53 bits per heavy atom. The van der Waals surface area contributed by atoms with Crippen LogP contribution in [0.15, 0.2) is 302 Å². The summed E-state index contributed by atoms with van der Waals surface area (Å²) in [5.74, 6) is -6.24. The van der Waals surface area contributed by atoms with Crippen LogP contribution < -0.4 is 10.1 Å². The Hall–Kier alpha value is -10.8. The first-order valence-corrected chi connectivity index (χ1v) is 46.0. The predicted octanol–water partition coefficient (Wildman–Crippen LogP) is 19.3. The van der Waals surface area contributed by atoms with E-state index in [-0.39, 0.29) is 55.4 Å². The van der Waals surface area contributed by atoms with Crippen LogP contribution in [0.2, 0.25) is 0 Å². The molecule has 646 valence electrons. The molecule has 3 fully saturated rings. The lowest BCUT2D eigenvalue weighted by Crippen LogP contribution is -2.81. The van der Waals surface area contributed by atoms with Crippen LogP contribution in [-0.2, 0) is 67.4 Å². The van der Waals surface area contributed by atoms with E-state index in [2.05, 4.69) is 34.1 Å². The van der Waals surface area contributed by atoms with Crippen molar-refractivity contribution < 1.29 is 91.7 Å². The molecule has 3 aromatic heterocycles. The maximum atomic E-state index is 15.6. The molecule has 4 heterocycles. The Balaban J connectivity index is 0.000000256. The van der Waals surface area contributed by atoms with Crippen LogP contribution in [0.4, 0.5) is 15.3 Å². The molecule has 14 rings (SSSR count). The largest absolute Gasteiger partial charge is 0.514 e. The second-order valence-corrected chi connectivity index (χ2v) is 36.6. The van der Waals surface area contributed by atoms with Gasteiger partial charge in [0.1, 0.15) is 69.8 Å². The first-order chi connectivity index (χ1) is 59.7. The van der Waals surface area contributed by atoms with E-state index in [1.807, 2.05) is 115 Å². The van der Waals surface area contributed by atoms with E-state index in [0.29, 0.717) is 22.3 Å². The number of hydrogen-bond donors (Lipinski definition) is 4. The number of aliphatic hydroxyl groups excluding tert-OH is 2. The van der Waals surface area contributed by atoms with Gasteiger partial charge in [-0.05, 0) is 189 Å². The van der Waals surface area contributed by atoms with Crippen molar-refractivity contribution in [2.75, 3.05) is 6.61 Å². The lowest BCUT2D eigenvalue weighted by atomic mass is 9.43. The number of nitro groups is 1. The smallest absolute Gasteiger partial charge is 0.455 e. The van der Waals surface area contributed by atoms with Gasteiger partial charge in [-0.25, -0.2) is 34.1 Å². The molecule has 0 spiro atoms. The number of nitro benzene ring substituents is 1. The fraction of sp³-hybridized carbons (Fsp3) is 0.290. The number of carbonyl (C=O) groups excluding carboxylic acids is 7. The van der Waals surface area contributed by atoms with E-state index in [1.54, 1.807) is 187 Å². The number of ketones is 1. The fourth-order valence-electron chi connectivity index (χ4n) is 15.1. The topological polar surface area (TPSA) is 348 Å². The average Bonchev–Trinajstić information content (AvgIpc) is 0.668. The van der Waals surface area contributed by atoms with Gasteiger partial charge in [0.15, 0.2) is 5.60 Å². The number of benzene rings is 7. The number of carbonyl (C=O) groups is 7. The average molecular weight is 1790 g/mol. The summed E-state index contributed by atoms with van der Waals surface area (Å²) in [4.78, 5) is 124. The zero-order valence-corrected chi connectivity index (χ0v) is 73.8. The number of rotatable bonds is 26. The first-order valence-electron chi connectivity index (χ1n) is 39.6. The van der Waals surface area contributed by atoms with Crippen molar-refractivity contribution in [3.8, 4) is 5.75 Å². The van der Waals surface area contributed by atoms with Crippen molar-refractivity contribution in [1.29, 1.82) is 0 Å². The lowest BCUT2D eigenvalue weighted by Gasteiger charge is -2.67. The number of fused-ring (bicyclic) bond motifs is 5. The Labute approximate surface area is 742 Å². The van der Waals surface area contributed by atoms with Gasteiger partial charge in [-0.3, -0.25) is 24.5 Å². The third-order valence-corrected chi connectivity index (χ3v) is 28.1. The lowest BCUT2D eigenvalue weighted by molar-refractivity contribution is -0.384. The van der Waals surface area contributed by atoms with Gasteiger partial charge in [-0.15, -0.1) is 0 Å². The normalized spacial score (nSPS) is 21.1. The molecule has 124 heavy (non-hydrogen) atoms. The molecule has 4 N–H and O–H groups in total. The molecule has 1 saturated heterocycles. The molecule has 25 nitrogen and oxygen atoms in total. The quantitative estimate of drug-likeness (QED) is 0.00744. The molecule has 10 aromatic rings. The van der Waals surface area contributed by atoms with Crippen molar-refractivity contribution in [3.63, 3.8) is 0 Å². The molecule has 1 aliphatic heterocycles. The summed E-state index contributed by atoms with van der Waals surface area (Å²) < 4.78 is 46.8. The highest BCUT2D eigenvalue weighted by atomic mass is 33.1. The SMILES string of the molecule is CC(=O)O[C@@]12COC1C[C@H](O)[C@@]1(C)C(=O)[C@H](C)C3=C(C)C(OC(=O)[C@H](OC(=O)OCc4ccc(SSc5ccccn5)cc4)C(NC(=O)c4ccccc4)c4ccccc4)C[C@@](O)([C@@H](OC(=O)c4ccccc4)[C@@H]12)C3(C)C.CCC.O=C(OCc1ccc(SSc2ccccn2)cc1)Oc1ccc([N+](=O)[O-])cc1.OCc1ccc(SSc2ccccn2)cc1. The van der Waals surface area contributed by atoms with Crippen LogP contribution in [0, 0.1) is 32.8 Å². The maximum absolute atomic E-state index is 15.6. The van der Waals surface area contributed by atoms with Crippen molar-refractivity contribution >= 4 is 112 Å².